The van der Waals surface area contributed by atoms with E-state index in [9.17, 15) is 4.39 Å². The second-order valence-electron chi connectivity index (χ2n) is 4.48. The van der Waals surface area contributed by atoms with Crippen LogP contribution in [0.1, 0.15) is 24.4 Å². The van der Waals surface area contributed by atoms with Crippen molar-refractivity contribution in [3.8, 4) is 0 Å². The van der Waals surface area contributed by atoms with E-state index in [0.717, 1.165) is 24.9 Å². The molecule has 2 unspecified atom stereocenters. The van der Waals surface area contributed by atoms with Crippen LogP contribution in [0.3, 0.4) is 0 Å². The number of piperidine rings is 1. The first-order chi connectivity index (χ1) is 7.56. The largest absolute Gasteiger partial charge is 0.328 e. The molecule has 2 N–H and O–H groups in total. The Balaban J connectivity index is 2.27. The summed E-state index contributed by atoms with van der Waals surface area (Å²) in [5.41, 5.74) is 6.87. The minimum atomic E-state index is -0.282. The summed E-state index contributed by atoms with van der Waals surface area (Å²) in [6.07, 6.45) is 1.85. The van der Waals surface area contributed by atoms with Gasteiger partial charge in [-0.2, -0.15) is 0 Å². The van der Waals surface area contributed by atoms with Gasteiger partial charge in [0, 0.05) is 17.1 Å². The minimum absolute atomic E-state index is 0.178. The monoisotopic (exact) mass is 242 g/mol. The summed E-state index contributed by atoms with van der Waals surface area (Å²) in [5, 5.41) is 0.447. The van der Waals surface area contributed by atoms with Crippen LogP contribution in [0.5, 0.6) is 0 Å². The number of hydrogen-bond acceptors (Lipinski definition) is 2. The van der Waals surface area contributed by atoms with Crippen molar-refractivity contribution in [1.82, 2.24) is 4.90 Å². The highest BCUT2D eigenvalue weighted by Gasteiger charge is 2.25. The highest BCUT2D eigenvalue weighted by Crippen LogP contribution is 2.30. The van der Waals surface area contributed by atoms with E-state index in [1.165, 1.54) is 6.07 Å². The molecule has 2 rings (SSSR count). The maximum absolute atomic E-state index is 13.3. The molecule has 1 aliphatic heterocycles. The predicted octanol–water partition coefficient (Wildman–Crippen LogP) is 2.57. The Kier molecular flexibility index (Phi) is 3.47. The van der Waals surface area contributed by atoms with E-state index in [-0.39, 0.29) is 17.9 Å². The number of nitrogens with two attached hydrogens (primary N) is 1. The zero-order valence-corrected chi connectivity index (χ0v) is 10.0. The lowest BCUT2D eigenvalue weighted by atomic mass is 9.93. The number of rotatable bonds is 1. The summed E-state index contributed by atoms with van der Waals surface area (Å²) < 4.78 is 13.3. The molecule has 0 radical (unpaired) electrons. The Hall–Kier alpha value is -0.640. The Morgan fingerprint density at radius 3 is 2.88 bits per heavy atom. The van der Waals surface area contributed by atoms with Gasteiger partial charge in [0.15, 0.2) is 0 Å². The molecule has 1 aliphatic rings. The van der Waals surface area contributed by atoms with E-state index >= 15 is 0 Å². The van der Waals surface area contributed by atoms with Gasteiger partial charge in [0.25, 0.3) is 0 Å². The molecule has 0 amide bonds. The maximum Gasteiger partial charge on any atom is 0.125 e. The van der Waals surface area contributed by atoms with Gasteiger partial charge in [0.1, 0.15) is 5.82 Å². The molecule has 1 fully saturated rings. The summed E-state index contributed by atoms with van der Waals surface area (Å²) in [6.45, 7) is 0.944. The van der Waals surface area contributed by atoms with Crippen LogP contribution in [0.4, 0.5) is 4.39 Å². The standard InChI is InChI=1S/C12H16ClFN2/c1-16-3-2-11(15)7-12(16)8-4-9(13)6-10(14)5-8/h4-6,11-12H,2-3,7,15H2,1H3. The molecule has 0 spiro atoms. The molecule has 0 aromatic heterocycles. The van der Waals surface area contributed by atoms with Gasteiger partial charge in [0.05, 0.1) is 0 Å². The molecular formula is C12H16ClFN2. The molecule has 0 bridgehead atoms. The molecule has 4 heteroatoms. The molecule has 0 saturated carbocycles. The van der Waals surface area contributed by atoms with Gasteiger partial charge < -0.3 is 5.73 Å². The quantitative estimate of drug-likeness (QED) is 0.820. The van der Waals surface area contributed by atoms with Crippen molar-refractivity contribution >= 4 is 11.6 Å². The van der Waals surface area contributed by atoms with Crippen LogP contribution in [0.2, 0.25) is 5.02 Å². The second kappa shape index (κ2) is 4.70. The Morgan fingerprint density at radius 2 is 2.19 bits per heavy atom. The topological polar surface area (TPSA) is 29.3 Å². The van der Waals surface area contributed by atoms with E-state index in [2.05, 4.69) is 4.90 Å². The van der Waals surface area contributed by atoms with Gasteiger partial charge in [-0.25, -0.2) is 4.39 Å². The first-order valence-electron chi connectivity index (χ1n) is 5.48. The van der Waals surface area contributed by atoms with Crippen LogP contribution in [0, 0.1) is 5.82 Å². The minimum Gasteiger partial charge on any atom is -0.328 e. The maximum atomic E-state index is 13.3. The Bertz CT molecular complexity index is 363. The van der Waals surface area contributed by atoms with E-state index in [4.69, 9.17) is 17.3 Å². The molecule has 88 valence electrons. The molecule has 2 atom stereocenters. The van der Waals surface area contributed by atoms with Crippen molar-refractivity contribution in [3.05, 3.63) is 34.6 Å². The van der Waals surface area contributed by atoms with E-state index < -0.39 is 0 Å². The van der Waals surface area contributed by atoms with Gasteiger partial charge in [-0.05, 0) is 50.2 Å². The van der Waals surface area contributed by atoms with Crippen LogP contribution < -0.4 is 5.73 Å². The summed E-state index contributed by atoms with van der Waals surface area (Å²) in [4.78, 5) is 2.20. The summed E-state index contributed by atoms with van der Waals surface area (Å²) >= 11 is 5.86. The fourth-order valence-corrected chi connectivity index (χ4v) is 2.50. The normalized spacial score (nSPS) is 27.0. The van der Waals surface area contributed by atoms with Crippen LogP contribution in [-0.4, -0.2) is 24.5 Å². The SMILES string of the molecule is CN1CCC(N)CC1c1cc(F)cc(Cl)c1. The van der Waals surface area contributed by atoms with Gasteiger partial charge in [-0.3, -0.25) is 4.90 Å². The molecule has 1 aromatic carbocycles. The first kappa shape index (κ1) is 11.8. The van der Waals surface area contributed by atoms with E-state index in [1.54, 1.807) is 6.07 Å². The Labute approximate surface area is 100 Å². The number of halogens is 2. The summed E-state index contributed by atoms with van der Waals surface area (Å²) in [5.74, 6) is -0.282. The van der Waals surface area contributed by atoms with Crippen molar-refractivity contribution in [2.45, 2.75) is 24.9 Å². The molecule has 1 heterocycles. The van der Waals surface area contributed by atoms with Crippen LogP contribution in [-0.2, 0) is 0 Å². The first-order valence-corrected chi connectivity index (χ1v) is 5.86. The third-order valence-corrected chi connectivity index (χ3v) is 3.40. The van der Waals surface area contributed by atoms with Gasteiger partial charge in [0.2, 0.25) is 0 Å². The molecular weight excluding hydrogens is 227 g/mol. The van der Waals surface area contributed by atoms with Gasteiger partial charge >= 0.3 is 0 Å². The third-order valence-electron chi connectivity index (χ3n) is 3.18. The van der Waals surface area contributed by atoms with Gasteiger partial charge in [-0.1, -0.05) is 11.6 Å². The van der Waals surface area contributed by atoms with Crippen molar-refractivity contribution in [3.63, 3.8) is 0 Å². The molecule has 16 heavy (non-hydrogen) atoms. The lowest BCUT2D eigenvalue weighted by Gasteiger charge is -2.36. The van der Waals surface area contributed by atoms with Crippen molar-refractivity contribution < 1.29 is 4.39 Å². The van der Waals surface area contributed by atoms with Crippen LogP contribution in [0.15, 0.2) is 18.2 Å². The van der Waals surface area contributed by atoms with Crippen LogP contribution >= 0.6 is 11.6 Å². The zero-order chi connectivity index (χ0) is 11.7. The highest BCUT2D eigenvalue weighted by atomic mass is 35.5. The average Bonchev–Trinajstić information content (AvgIpc) is 2.20. The lowest BCUT2D eigenvalue weighted by Crippen LogP contribution is -2.39. The fourth-order valence-electron chi connectivity index (χ4n) is 2.27. The van der Waals surface area contributed by atoms with Crippen molar-refractivity contribution in [2.75, 3.05) is 13.6 Å². The van der Waals surface area contributed by atoms with Crippen LogP contribution in [0.25, 0.3) is 0 Å². The summed E-state index contributed by atoms with van der Waals surface area (Å²) in [6, 6.07) is 5.07. The van der Waals surface area contributed by atoms with Crippen molar-refractivity contribution in [2.24, 2.45) is 5.73 Å². The van der Waals surface area contributed by atoms with Crippen molar-refractivity contribution in [1.29, 1.82) is 0 Å². The molecule has 2 nitrogen and oxygen atoms in total. The number of benzene rings is 1. The average molecular weight is 243 g/mol. The third kappa shape index (κ3) is 2.54. The van der Waals surface area contributed by atoms with Gasteiger partial charge in [-0.15, -0.1) is 0 Å². The molecule has 0 aliphatic carbocycles. The number of nitrogens with zero attached hydrogens (tertiary/aromatic N) is 1. The summed E-state index contributed by atoms with van der Waals surface area (Å²) in [7, 11) is 2.04. The predicted molar refractivity (Wildman–Crippen MR) is 64.0 cm³/mol. The number of likely N-dealkylation sites (tertiary alicyclic amines) is 1. The van der Waals surface area contributed by atoms with E-state index in [1.807, 2.05) is 13.1 Å². The molecule has 1 saturated heterocycles. The fraction of sp³-hybridized carbons (Fsp3) is 0.500. The zero-order valence-electron chi connectivity index (χ0n) is 9.29. The second-order valence-corrected chi connectivity index (χ2v) is 4.92. The highest BCUT2D eigenvalue weighted by molar-refractivity contribution is 6.30. The smallest absolute Gasteiger partial charge is 0.125 e. The number of hydrogen-bond donors (Lipinski definition) is 1. The van der Waals surface area contributed by atoms with E-state index in [0.29, 0.717) is 5.02 Å². The lowest BCUT2D eigenvalue weighted by molar-refractivity contribution is 0.171. The molecule has 1 aromatic rings. The Morgan fingerprint density at radius 1 is 1.44 bits per heavy atom.